The van der Waals surface area contributed by atoms with Gasteiger partial charge in [-0.1, -0.05) is 31.5 Å². The highest BCUT2D eigenvalue weighted by Crippen LogP contribution is 2.25. The predicted molar refractivity (Wildman–Crippen MR) is 70.9 cm³/mol. The molecule has 100 valence electrons. The molecule has 0 unspecified atom stereocenters. The number of halogens is 1. The second kappa shape index (κ2) is 7.24. The second-order valence-corrected chi connectivity index (χ2v) is 4.57. The van der Waals surface area contributed by atoms with Crippen molar-refractivity contribution in [3.63, 3.8) is 0 Å². The molecule has 1 aromatic rings. The van der Waals surface area contributed by atoms with Gasteiger partial charge in [0.25, 0.3) is 0 Å². The summed E-state index contributed by atoms with van der Waals surface area (Å²) in [6.45, 7) is 4.76. The van der Waals surface area contributed by atoms with E-state index in [0.717, 1.165) is 12.1 Å². The number of carbonyl (C=O) groups excluding carboxylic acids is 1. The molecule has 0 atom stereocenters. The zero-order valence-corrected chi connectivity index (χ0v) is 11.6. The highest BCUT2D eigenvalue weighted by molar-refractivity contribution is 6.32. The van der Waals surface area contributed by atoms with Crippen molar-refractivity contribution in [2.24, 2.45) is 0 Å². The van der Waals surface area contributed by atoms with Gasteiger partial charge in [0.05, 0.1) is 12.1 Å². The van der Waals surface area contributed by atoms with Gasteiger partial charge in [-0.25, -0.2) is 4.79 Å². The van der Waals surface area contributed by atoms with Crippen molar-refractivity contribution in [3.8, 4) is 5.75 Å². The van der Waals surface area contributed by atoms with Gasteiger partial charge in [-0.05, 0) is 17.7 Å². The maximum Gasteiger partial charge on any atom is 0.343 e. The third-order valence-electron chi connectivity index (χ3n) is 2.28. The predicted octanol–water partition coefficient (Wildman–Crippen LogP) is 2.39. The van der Waals surface area contributed by atoms with Gasteiger partial charge < -0.3 is 14.8 Å². The van der Waals surface area contributed by atoms with E-state index in [2.05, 4.69) is 23.9 Å². The summed E-state index contributed by atoms with van der Waals surface area (Å²) in [6.07, 6.45) is 0. The van der Waals surface area contributed by atoms with Crippen molar-refractivity contribution in [2.75, 3.05) is 13.7 Å². The summed E-state index contributed by atoms with van der Waals surface area (Å²) in [5.74, 6) is 0.0481. The van der Waals surface area contributed by atoms with Gasteiger partial charge >= 0.3 is 5.97 Å². The molecule has 1 N–H and O–H groups in total. The highest BCUT2D eigenvalue weighted by atomic mass is 35.5. The van der Waals surface area contributed by atoms with E-state index in [1.807, 2.05) is 12.1 Å². The highest BCUT2D eigenvalue weighted by Gasteiger charge is 2.06. The normalized spacial score (nSPS) is 10.5. The Morgan fingerprint density at radius 2 is 2.17 bits per heavy atom. The van der Waals surface area contributed by atoms with E-state index in [9.17, 15) is 4.79 Å². The minimum Gasteiger partial charge on any atom is -0.480 e. The summed E-state index contributed by atoms with van der Waals surface area (Å²) in [5.41, 5.74) is 1.07. The monoisotopic (exact) mass is 271 g/mol. The quantitative estimate of drug-likeness (QED) is 0.807. The lowest BCUT2D eigenvalue weighted by atomic mass is 10.2. The van der Waals surface area contributed by atoms with Crippen LogP contribution >= 0.6 is 11.6 Å². The van der Waals surface area contributed by atoms with Gasteiger partial charge in [-0.3, -0.25) is 0 Å². The smallest absolute Gasteiger partial charge is 0.343 e. The Morgan fingerprint density at radius 1 is 1.44 bits per heavy atom. The minimum atomic E-state index is -0.434. The van der Waals surface area contributed by atoms with Crippen LogP contribution in [0.4, 0.5) is 0 Å². The summed E-state index contributed by atoms with van der Waals surface area (Å²) >= 11 is 6.07. The fourth-order valence-electron chi connectivity index (χ4n) is 1.29. The number of rotatable bonds is 6. The van der Waals surface area contributed by atoms with Crippen LogP contribution in [-0.2, 0) is 16.1 Å². The van der Waals surface area contributed by atoms with Gasteiger partial charge in [-0.2, -0.15) is 0 Å². The number of nitrogens with one attached hydrogen (secondary N) is 1. The molecule has 5 heteroatoms. The lowest BCUT2D eigenvalue weighted by Gasteiger charge is -2.11. The van der Waals surface area contributed by atoms with Crippen LogP contribution in [0.5, 0.6) is 5.75 Å². The molecule has 1 aromatic carbocycles. The van der Waals surface area contributed by atoms with Gasteiger partial charge in [0, 0.05) is 12.6 Å². The Balaban J connectivity index is 2.59. The molecule has 0 aliphatic rings. The zero-order valence-electron chi connectivity index (χ0n) is 10.8. The minimum absolute atomic E-state index is 0.139. The summed E-state index contributed by atoms with van der Waals surface area (Å²) in [4.78, 5) is 10.9. The van der Waals surface area contributed by atoms with Crippen LogP contribution in [0.3, 0.4) is 0 Å². The molecule has 0 aliphatic heterocycles. The van der Waals surface area contributed by atoms with E-state index in [-0.39, 0.29) is 6.61 Å². The molecule has 0 amide bonds. The molecule has 0 aromatic heterocycles. The summed E-state index contributed by atoms with van der Waals surface area (Å²) < 4.78 is 9.73. The van der Waals surface area contributed by atoms with E-state index in [1.165, 1.54) is 7.11 Å². The van der Waals surface area contributed by atoms with Crippen molar-refractivity contribution in [2.45, 2.75) is 26.4 Å². The van der Waals surface area contributed by atoms with Crippen LogP contribution in [0.15, 0.2) is 18.2 Å². The first-order valence-corrected chi connectivity index (χ1v) is 6.12. The first-order valence-electron chi connectivity index (χ1n) is 5.74. The van der Waals surface area contributed by atoms with Gasteiger partial charge in [0.15, 0.2) is 6.61 Å². The van der Waals surface area contributed by atoms with Crippen molar-refractivity contribution in [1.29, 1.82) is 0 Å². The number of carbonyl (C=O) groups is 1. The molecule has 4 nitrogen and oxygen atoms in total. The van der Waals surface area contributed by atoms with Crippen LogP contribution in [0, 0.1) is 0 Å². The van der Waals surface area contributed by atoms with Crippen LogP contribution in [-0.4, -0.2) is 25.7 Å². The zero-order chi connectivity index (χ0) is 13.5. The Bertz CT molecular complexity index is 407. The maximum atomic E-state index is 10.9. The van der Waals surface area contributed by atoms with Crippen LogP contribution < -0.4 is 10.1 Å². The fourth-order valence-corrected chi connectivity index (χ4v) is 1.55. The second-order valence-electron chi connectivity index (χ2n) is 4.17. The molecule has 18 heavy (non-hydrogen) atoms. The number of methoxy groups -OCH3 is 1. The number of ether oxygens (including phenoxy) is 2. The van der Waals surface area contributed by atoms with Crippen LogP contribution in [0.1, 0.15) is 19.4 Å². The Labute approximate surface area is 112 Å². The molecule has 0 heterocycles. The fraction of sp³-hybridized carbons (Fsp3) is 0.462. The van der Waals surface area contributed by atoms with E-state index in [1.54, 1.807) is 6.07 Å². The van der Waals surface area contributed by atoms with Crippen molar-refractivity contribution >= 4 is 17.6 Å². The average molecular weight is 272 g/mol. The van der Waals surface area contributed by atoms with E-state index in [0.29, 0.717) is 16.8 Å². The number of hydrogen-bond donors (Lipinski definition) is 1. The van der Waals surface area contributed by atoms with Crippen LogP contribution in [0.2, 0.25) is 5.02 Å². The summed E-state index contributed by atoms with van der Waals surface area (Å²) in [7, 11) is 1.31. The maximum absolute atomic E-state index is 10.9. The third kappa shape index (κ3) is 4.94. The standard InChI is InChI=1S/C13H18ClNO3/c1-9(2)15-7-10-4-5-12(11(14)6-10)18-8-13(16)17-3/h4-6,9,15H,7-8H2,1-3H3. The van der Waals surface area contributed by atoms with Crippen molar-refractivity contribution < 1.29 is 14.3 Å². The molecule has 0 aliphatic carbocycles. The molecular weight excluding hydrogens is 254 g/mol. The first-order chi connectivity index (χ1) is 8.52. The van der Waals surface area contributed by atoms with Crippen LogP contribution in [0.25, 0.3) is 0 Å². The molecule has 0 saturated carbocycles. The van der Waals surface area contributed by atoms with Gasteiger partial charge in [0.1, 0.15) is 5.75 Å². The SMILES string of the molecule is COC(=O)COc1ccc(CNC(C)C)cc1Cl. The molecule has 1 rings (SSSR count). The summed E-state index contributed by atoms with van der Waals surface area (Å²) in [5, 5.41) is 3.78. The first kappa shape index (κ1) is 14.8. The van der Waals surface area contributed by atoms with E-state index < -0.39 is 5.97 Å². The Kier molecular flexibility index (Phi) is 5.95. The summed E-state index contributed by atoms with van der Waals surface area (Å²) in [6, 6.07) is 5.90. The lowest BCUT2D eigenvalue weighted by molar-refractivity contribution is -0.142. The Morgan fingerprint density at radius 3 is 2.72 bits per heavy atom. The van der Waals surface area contributed by atoms with E-state index in [4.69, 9.17) is 16.3 Å². The Hall–Kier alpha value is -1.26. The molecular formula is C13H18ClNO3. The number of hydrogen-bond acceptors (Lipinski definition) is 4. The molecule has 0 radical (unpaired) electrons. The molecule has 0 bridgehead atoms. The van der Waals surface area contributed by atoms with Gasteiger partial charge in [-0.15, -0.1) is 0 Å². The van der Waals surface area contributed by atoms with Gasteiger partial charge in [0.2, 0.25) is 0 Å². The number of benzene rings is 1. The van der Waals surface area contributed by atoms with Crippen molar-refractivity contribution in [1.82, 2.24) is 5.32 Å². The largest absolute Gasteiger partial charge is 0.480 e. The number of esters is 1. The lowest BCUT2D eigenvalue weighted by Crippen LogP contribution is -2.21. The topological polar surface area (TPSA) is 47.6 Å². The van der Waals surface area contributed by atoms with Crippen molar-refractivity contribution in [3.05, 3.63) is 28.8 Å². The molecule has 0 saturated heterocycles. The average Bonchev–Trinajstić information content (AvgIpc) is 2.34. The van der Waals surface area contributed by atoms with E-state index >= 15 is 0 Å². The third-order valence-corrected chi connectivity index (χ3v) is 2.58. The molecule has 0 fully saturated rings. The molecule has 0 spiro atoms.